The van der Waals surface area contributed by atoms with E-state index in [4.69, 9.17) is 10.8 Å². The predicted molar refractivity (Wildman–Crippen MR) is 153 cm³/mol. The van der Waals surface area contributed by atoms with E-state index in [-0.39, 0.29) is 12.8 Å². The molecule has 14 nitrogen and oxygen atoms in total. The number of aromatic nitrogens is 1. The fraction of sp³-hybridized carbons (Fsp3) is 0.310. The van der Waals surface area contributed by atoms with E-state index in [2.05, 4.69) is 20.9 Å². The zero-order chi connectivity index (χ0) is 31.5. The van der Waals surface area contributed by atoms with Gasteiger partial charge in [-0.1, -0.05) is 48.5 Å². The quantitative estimate of drug-likeness (QED) is 0.111. The molecule has 4 atom stereocenters. The number of para-hydroxylation sites is 1. The molecule has 228 valence electrons. The number of hydrogen-bond donors (Lipinski definition) is 8. The Bertz CT molecular complexity index is 1470. The van der Waals surface area contributed by atoms with Crippen LogP contribution in [0.4, 0.5) is 0 Å². The minimum Gasteiger partial charge on any atom is -0.481 e. The van der Waals surface area contributed by atoms with Gasteiger partial charge in [-0.2, -0.15) is 0 Å². The number of carboxylic acid groups (broad SMARTS) is 3. The van der Waals surface area contributed by atoms with Crippen LogP contribution in [0.3, 0.4) is 0 Å². The van der Waals surface area contributed by atoms with Gasteiger partial charge in [0.05, 0.1) is 12.5 Å². The largest absolute Gasteiger partial charge is 0.481 e. The highest BCUT2D eigenvalue weighted by Crippen LogP contribution is 2.19. The Hall–Kier alpha value is -5.24. The number of nitrogens with one attached hydrogen (secondary N) is 4. The summed E-state index contributed by atoms with van der Waals surface area (Å²) in [5.41, 5.74) is 8.49. The van der Waals surface area contributed by atoms with Crippen LogP contribution in [0.5, 0.6) is 0 Å². The Balaban J connectivity index is 1.77. The van der Waals surface area contributed by atoms with E-state index in [1.165, 1.54) is 0 Å². The Kier molecular flexibility index (Phi) is 11.3. The molecule has 4 unspecified atom stereocenters. The first-order chi connectivity index (χ1) is 20.4. The normalized spacial score (nSPS) is 13.7. The smallest absolute Gasteiger partial charge is 0.326 e. The standard InChI is InChI=1S/C29H33N5O9/c30-19(13-17-15-31-20-9-5-4-8-18(17)20)26(39)33-22(12-16-6-2-1-3-7-16)27(40)34-23(14-25(37)38)28(41)32-21(29(42)43)10-11-24(35)36/h1-9,15,19,21-23,31H,10-14,30H2,(H,32,41)(H,33,39)(H,34,40)(H,35,36)(H,37,38)(H,42,43). The number of carboxylic acids is 3. The SMILES string of the molecule is NC(Cc1c[nH]c2ccccc12)C(=O)NC(Cc1ccccc1)C(=O)NC(CC(=O)O)C(=O)NC(CCC(=O)O)C(=O)O. The summed E-state index contributed by atoms with van der Waals surface area (Å²) in [5.74, 6) is -7.01. The number of hydrogen-bond acceptors (Lipinski definition) is 7. The molecule has 0 saturated carbocycles. The molecular weight excluding hydrogens is 562 g/mol. The van der Waals surface area contributed by atoms with Crippen LogP contribution in [0.15, 0.2) is 60.8 Å². The molecule has 0 fully saturated rings. The lowest BCUT2D eigenvalue weighted by molar-refractivity contribution is -0.144. The summed E-state index contributed by atoms with van der Waals surface area (Å²) in [4.78, 5) is 76.4. The number of H-pyrrole nitrogens is 1. The Morgan fingerprint density at radius 2 is 1.33 bits per heavy atom. The summed E-state index contributed by atoms with van der Waals surface area (Å²) in [6.45, 7) is 0. The van der Waals surface area contributed by atoms with Gasteiger partial charge in [-0.05, 0) is 30.0 Å². The topological polar surface area (TPSA) is 241 Å². The average molecular weight is 596 g/mol. The summed E-state index contributed by atoms with van der Waals surface area (Å²) in [7, 11) is 0. The lowest BCUT2D eigenvalue weighted by atomic mass is 10.0. The highest BCUT2D eigenvalue weighted by atomic mass is 16.4. The van der Waals surface area contributed by atoms with Crippen molar-refractivity contribution in [2.45, 2.75) is 56.3 Å². The fourth-order valence-corrected chi connectivity index (χ4v) is 4.42. The Labute approximate surface area is 245 Å². The van der Waals surface area contributed by atoms with Crippen LogP contribution in [-0.4, -0.2) is 80.1 Å². The van der Waals surface area contributed by atoms with Gasteiger partial charge < -0.3 is 42.0 Å². The van der Waals surface area contributed by atoms with Crippen molar-refractivity contribution in [3.63, 3.8) is 0 Å². The number of benzene rings is 2. The maximum atomic E-state index is 13.4. The maximum absolute atomic E-state index is 13.4. The van der Waals surface area contributed by atoms with E-state index in [1.54, 1.807) is 36.5 Å². The zero-order valence-electron chi connectivity index (χ0n) is 23.0. The van der Waals surface area contributed by atoms with Crippen molar-refractivity contribution in [1.82, 2.24) is 20.9 Å². The molecule has 3 amide bonds. The summed E-state index contributed by atoms with van der Waals surface area (Å²) in [6.07, 6.45) is -0.0956. The molecule has 9 N–H and O–H groups in total. The van der Waals surface area contributed by atoms with Crippen molar-refractivity contribution in [2.24, 2.45) is 5.73 Å². The van der Waals surface area contributed by atoms with Gasteiger partial charge in [0.2, 0.25) is 17.7 Å². The Morgan fingerprint density at radius 1 is 0.721 bits per heavy atom. The minimum atomic E-state index is -1.73. The van der Waals surface area contributed by atoms with E-state index in [0.717, 1.165) is 16.5 Å². The predicted octanol–water partition coefficient (Wildman–Crippen LogP) is 0.159. The van der Waals surface area contributed by atoms with Crippen molar-refractivity contribution < 1.29 is 44.1 Å². The molecule has 0 aliphatic heterocycles. The van der Waals surface area contributed by atoms with Crippen LogP contribution in [0.2, 0.25) is 0 Å². The van der Waals surface area contributed by atoms with Crippen molar-refractivity contribution in [2.75, 3.05) is 0 Å². The molecule has 1 aromatic heterocycles. The van der Waals surface area contributed by atoms with Gasteiger partial charge in [-0.15, -0.1) is 0 Å². The maximum Gasteiger partial charge on any atom is 0.326 e. The van der Waals surface area contributed by atoms with Crippen LogP contribution in [0.25, 0.3) is 10.9 Å². The average Bonchev–Trinajstić information content (AvgIpc) is 3.36. The van der Waals surface area contributed by atoms with Crippen LogP contribution in [0, 0.1) is 0 Å². The Morgan fingerprint density at radius 3 is 1.98 bits per heavy atom. The van der Waals surface area contributed by atoms with E-state index in [0.29, 0.717) is 5.56 Å². The molecule has 14 heteroatoms. The molecule has 0 spiro atoms. The van der Waals surface area contributed by atoms with Gasteiger partial charge in [0.15, 0.2) is 0 Å². The summed E-state index contributed by atoms with van der Waals surface area (Å²) >= 11 is 0. The number of aromatic amines is 1. The molecule has 0 aliphatic carbocycles. The molecule has 0 saturated heterocycles. The van der Waals surface area contributed by atoms with E-state index < -0.39 is 79.1 Å². The molecule has 43 heavy (non-hydrogen) atoms. The minimum absolute atomic E-state index is 0.0318. The second-order valence-corrected chi connectivity index (χ2v) is 9.91. The molecule has 1 heterocycles. The number of aliphatic carboxylic acids is 3. The van der Waals surface area contributed by atoms with Gasteiger partial charge in [-0.25, -0.2) is 4.79 Å². The third-order valence-electron chi connectivity index (χ3n) is 6.64. The van der Waals surface area contributed by atoms with Crippen LogP contribution in [0.1, 0.15) is 30.4 Å². The van der Waals surface area contributed by atoms with Crippen molar-refractivity contribution in [1.29, 1.82) is 0 Å². The third-order valence-corrected chi connectivity index (χ3v) is 6.64. The number of rotatable bonds is 16. The van der Waals surface area contributed by atoms with Crippen molar-refractivity contribution in [3.8, 4) is 0 Å². The highest BCUT2D eigenvalue weighted by molar-refractivity contribution is 5.96. The first-order valence-corrected chi connectivity index (χ1v) is 13.4. The molecule has 0 bridgehead atoms. The van der Waals surface area contributed by atoms with Gasteiger partial charge in [0, 0.05) is 29.9 Å². The third kappa shape index (κ3) is 9.67. The molecule has 3 aromatic rings. The molecule has 0 radical (unpaired) electrons. The van der Waals surface area contributed by atoms with Gasteiger partial charge in [0.25, 0.3) is 0 Å². The zero-order valence-corrected chi connectivity index (χ0v) is 23.0. The molecule has 0 aliphatic rings. The monoisotopic (exact) mass is 595 g/mol. The number of carbonyl (C=O) groups excluding carboxylic acids is 3. The van der Waals surface area contributed by atoms with Crippen molar-refractivity contribution in [3.05, 3.63) is 71.9 Å². The molecule has 3 rings (SSSR count). The first kappa shape index (κ1) is 32.3. The molecular formula is C29H33N5O9. The number of fused-ring (bicyclic) bond motifs is 1. The second-order valence-electron chi connectivity index (χ2n) is 9.91. The van der Waals surface area contributed by atoms with Crippen molar-refractivity contribution >= 4 is 46.5 Å². The van der Waals surface area contributed by atoms with E-state index in [9.17, 15) is 39.0 Å². The van der Waals surface area contributed by atoms with E-state index in [1.807, 2.05) is 24.3 Å². The lowest BCUT2D eigenvalue weighted by Gasteiger charge is -2.24. The van der Waals surface area contributed by atoms with Gasteiger partial charge in [-0.3, -0.25) is 24.0 Å². The van der Waals surface area contributed by atoms with Gasteiger partial charge in [0.1, 0.15) is 18.1 Å². The molecule has 2 aromatic carbocycles. The number of nitrogens with two attached hydrogens (primary N) is 1. The highest BCUT2D eigenvalue weighted by Gasteiger charge is 2.32. The summed E-state index contributed by atoms with van der Waals surface area (Å²) in [6, 6.07) is 10.4. The number of amides is 3. The van der Waals surface area contributed by atoms with Gasteiger partial charge >= 0.3 is 17.9 Å². The summed E-state index contributed by atoms with van der Waals surface area (Å²) in [5, 5.41) is 35.4. The lowest BCUT2D eigenvalue weighted by Crippen LogP contribution is -2.58. The fourth-order valence-electron chi connectivity index (χ4n) is 4.42. The van der Waals surface area contributed by atoms with E-state index >= 15 is 0 Å². The van der Waals surface area contributed by atoms with Crippen LogP contribution >= 0.6 is 0 Å². The first-order valence-electron chi connectivity index (χ1n) is 13.4. The van der Waals surface area contributed by atoms with Crippen LogP contribution < -0.4 is 21.7 Å². The number of carbonyl (C=O) groups is 6. The van der Waals surface area contributed by atoms with Crippen LogP contribution in [-0.2, 0) is 41.6 Å². The second kappa shape index (κ2) is 15.1. The summed E-state index contributed by atoms with van der Waals surface area (Å²) < 4.78 is 0.